The first-order valence-corrected chi connectivity index (χ1v) is 10.8. The van der Waals surface area contributed by atoms with Crippen molar-refractivity contribution in [3.63, 3.8) is 0 Å². The minimum atomic E-state index is -0.509. The number of thiophene rings is 1. The van der Waals surface area contributed by atoms with Gasteiger partial charge < -0.3 is 5.32 Å². The molecule has 0 bridgehead atoms. The third-order valence-corrected chi connectivity index (χ3v) is 6.28. The molecule has 0 aliphatic carbocycles. The highest BCUT2D eigenvalue weighted by atomic mass is 35.5. The second kappa shape index (κ2) is 9.60. The van der Waals surface area contributed by atoms with Crippen LogP contribution in [-0.2, 0) is 0 Å². The van der Waals surface area contributed by atoms with Crippen molar-refractivity contribution in [2.45, 2.75) is 0 Å². The standard InChI is InChI=1S/C23H15ClN4O4S/c24-20-18-6-1-2-7-19(18)33-21(20)23(30)26-16-10-8-15(9-11-16)22(29)27-25-13-14-4-3-5-17(12-14)28(31)32/h1-13H,(H,26,30)(H,27,29)/b25-13-. The molecular formula is C23H15ClN4O4S. The van der Waals surface area contributed by atoms with Gasteiger partial charge in [-0.25, -0.2) is 5.43 Å². The van der Waals surface area contributed by atoms with Crippen molar-refractivity contribution in [2.24, 2.45) is 5.10 Å². The molecular weight excluding hydrogens is 464 g/mol. The molecule has 1 aromatic heterocycles. The fraction of sp³-hybridized carbons (Fsp3) is 0. The molecule has 0 unspecified atom stereocenters. The molecule has 3 aromatic carbocycles. The lowest BCUT2D eigenvalue weighted by Crippen LogP contribution is -2.17. The Hall–Kier alpha value is -4.08. The van der Waals surface area contributed by atoms with E-state index in [-0.39, 0.29) is 11.6 Å². The van der Waals surface area contributed by atoms with E-state index in [2.05, 4.69) is 15.8 Å². The highest BCUT2D eigenvalue weighted by Crippen LogP contribution is 2.35. The molecule has 8 nitrogen and oxygen atoms in total. The van der Waals surface area contributed by atoms with E-state index in [0.717, 1.165) is 10.1 Å². The van der Waals surface area contributed by atoms with E-state index in [4.69, 9.17) is 11.6 Å². The first-order chi connectivity index (χ1) is 15.9. The second-order valence-electron chi connectivity index (χ2n) is 6.82. The molecule has 164 valence electrons. The van der Waals surface area contributed by atoms with Crippen molar-refractivity contribution in [1.29, 1.82) is 0 Å². The molecule has 0 fully saturated rings. The molecule has 2 amide bonds. The van der Waals surface area contributed by atoms with Gasteiger partial charge in [0.05, 0.1) is 16.2 Å². The number of nitro benzene ring substituents is 1. The number of nitrogens with zero attached hydrogens (tertiary/aromatic N) is 2. The second-order valence-corrected chi connectivity index (χ2v) is 8.25. The average Bonchev–Trinajstić information content (AvgIpc) is 3.16. The third-order valence-electron chi connectivity index (χ3n) is 4.61. The largest absolute Gasteiger partial charge is 0.321 e. The zero-order chi connectivity index (χ0) is 23.4. The number of nitrogens with one attached hydrogen (secondary N) is 2. The normalized spacial score (nSPS) is 10.9. The molecule has 2 N–H and O–H groups in total. The highest BCUT2D eigenvalue weighted by molar-refractivity contribution is 7.21. The molecule has 4 aromatic rings. The lowest BCUT2D eigenvalue weighted by molar-refractivity contribution is -0.384. The van der Waals surface area contributed by atoms with Crippen LogP contribution in [0.15, 0.2) is 77.9 Å². The summed E-state index contributed by atoms with van der Waals surface area (Å²) < 4.78 is 0.922. The predicted molar refractivity (Wildman–Crippen MR) is 129 cm³/mol. The summed E-state index contributed by atoms with van der Waals surface area (Å²) in [4.78, 5) is 35.6. The van der Waals surface area contributed by atoms with Crippen LogP contribution >= 0.6 is 22.9 Å². The number of anilines is 1. The molecule has 0 saturated carbocycles. The third kappa shape index (κ3) is 5.05. The molecule has 0 aliphatic heterocycles. The van der Waals surface area contributed by atoms with Gasteiger partial charge in [0.25, 0.3) is 17.5 Å². The molecule has 0 saturated heterocycles. The van der Waals surface area contributed by atoms with E-state index < -0.39 is 10.8 Å². The van der Waals surface area contributed by atoms with Crippen LogP contribution in [0.3, 0.4) is 0 Å². The number of amides is 2. The summed E-state index contributed by atoms with van der Waals surface area (Å²) in [5.74, 6) is -0.804. The zero-order valence-corrected chi connectivity index (χ0v) is 18.4. The number of halogens is 1. The van der Waals surface area contributed by atoms with Crippen LogP contribution in [0.2, 0.25) is 5.02 Å². The van der Waals surface area contributed by atoms with Crippen molar-refractivity contribution in [3.05, 3.63) is 104 Å². The molecule has 4 rings (SSSR count). The number of non-ortho nitro benzene ring substituents is 1. The van der Waals surface area contributed by atoms with Crippen molar-refractivity contribution in [1.82, 2.24) is 5.43 Å². The topological polar surface area (TPSA) is 114 Å². The maximum absolute atomic E-state index is 12.6. The minimum Gasteiger partial charge on any atom is -0.321 e. The van der Waals surface area contributed by atoms with Crippen LogP contribution in [0.25, 0.3) is 10.1 Å². The SMILES string of the molecule is O=C(N/N=C\c1cccc([N+](=O)[O-])c1)c1ccc(NC(=O)c2sc3ccccc3c2Cl)cc1. The molecule has 10 heteroatoms. The maximum Gasteiger partial charge on any atom is 0.271 e. The van der Waals surface area contributed by atoms with E-state index in [1.165, 1.54) is 35.8 Å². The Morgan fingerprint density at radius 1 is 1.00 bits per heavy atom. The predicted octanol–water partition coefficient (Wildman–Crippen LogP) is 5.48. The molecule has 0 aliphatic rings. The van der Waals surface area contributed by atoms with Gasteiger partial charge in [-0.15, -0.1) is 11.3 Å². The van der Waals surface area contributed by atoms with Crippen LogP contribution in [0, 0.1) is 10.1 Å². The van der Waals surface area contributed by atoms with Crippen LogP contribution in [-0.4, -0.2) is 23.0 Å². The summed E-state index contributed by atoms with van der Waals surface area (Å²) in [7, 11) is 0. The first kappa shape index (κ1) is 22.1. The summed E-state index contributed by atoms with van der Waals surface area (Å²) in [5, 5.41) is 18.7. The number of carbonyl (C=O) groups excluding carboxylic acids is 2. The van der Waals surface area contributed by atoms with Crippen LogP contribution < -0.4 is 10.7 Å². The summed E-state index contributed by atoms with van der Waals surface area (Å²) in [6.45, 7) is 0. The Morgan fingerprint density at radius 3 is 2.48 bits per heavy atom. The van der Waals surface area contributed by atoms with Gasteiger partial charge >= 0.3 is 0 Å². The number of hydrazone groups is 1. The van der Waals surface area contributed by atoms with Gasteiger partial charge in [0.15, 0.2) is 0 Å². The van der Waals surface area contributed by atoms with Gasteiger partial charge in [0.2, 0.25) is 0 Å². The van der Waals surface area contributed by atoms with Crippen molar-refractivity contribution < 1.29 is 14.5 Å². The Bertz CT molecular complexity index is 1400. The average molecular weight is 479 g/mol. The number of rotatable bonds is 6. The first-order valence-electron chi connectivity index (χ1n) is 9.58. The van der Waals surface area contributed by atoms with Crippen molar-refractivity contribution in [3.8, 4) is 0 Å². The van der Waals surface area contributed by atoms with Gasteiger partial charge in [-0.3, -0.25) is 19.7 Å². The Balaban J connectivity index is 1.38. The summed E-state index contributed by atoms with van der Waals surface area (Å²) in [6, 6.07) is 19.6. The number of carbonyl (C=O) groups is 2. The van der Waals surface area contributed by atoms with Gasteiger partial charge in [-0.05, 0) is 30.3 Å². The Kier molecular flexibility index (Phi) is 6.43. The van der Waals surface area contributed by atoms with E-state index in [0.29, 0.717) is 26.7 Å². The fourth-order valence-corrected chi connectivity index (χ4v) is 4.41. The number of benzene rings is 3. The number of hydrogen-bond acceptors (Lipinski definition) is 6. The minimum absolute atomic E-state index is 0.0696. The zero-order valence-electron chi connectivity index (χ0n) is 16.8. The molecule has 0 spiro atoms. The number of nitro groups is 1. The maximum atomic E-state index is 12.6. The smallest absolute Gasteiger partial charge is 0.271 e. The van der Waals surface area contributed by atoms with Crippen molar-refractivity contribution >= 4 is 62.4 Å². The van der Waals surface area contributed by atoms with E-state index >= 15 is 0 Å². The van der Waals surface area contributed by atoms with Gasteiger partial charge in [-0.2, -0.15) is 5.10 Å². The molecule has 1 heterocycles. The van der Waals surface area contributed by atoms with Gasteiger partial charge in [0, 0.05) is 39.0 Å². The summed E-state index contributed by atoms with van der Waals surface area (Å²) in [5.41, 5.74) is 3.60. The summed E-state index contributed by atoms with van der Waals surface area (Å²) in [6.07, 6.45) is 1.31. The highest BCUT2D eigenvalue weighted by Gasteiger charge is 2.17. The molecule has 33 heavy (non-hydrogen) atoms. The van der Waals surface area contributed by atoms with Gasteiger partial charge in [-0.1, -0.05) is 41.9 Å². The Labute approximate surface area is 196 Å². The monoisotopic (exact) mass is 478 g/mol. The van der Waals surface area contributed by atoms with Crippen molar-refractivity contribution in [2.75, 3.05) is 5.32 Å². The number of fused-ring (bicyclic) bond motifs is 1. The fourth-order valence-electron chi connectivity index (χ4n) is 3.00. The molecule has 0 atom stereocenters. The lowest BCUT2D eigenvalue weighted by Gasteiger charge is -2.05. The lowest BCUT2D eigenvalue weighted by atomic mass is 10.2. The van der Waals surface area contributed by atoms with Crippen LogP contribution in [0.1, 0.15) is 25.6 Å². The van der Waals surface area contributed by atoms with Crippen LogP contribution in [0.4, 0.5) is 11.4 Å². The number of hydrogen-bond donors (Lipinski definition) is 2. The summed E-state index contributed by atoms with van der Waals surface area (Å²) >= 11 is 7.66. The van der Waals surface area contributed by atoms with E-state index in [1.807, 2.05) is 24.3 Å². The van der Waals surface area contributed by atoms with E-state index in [1.54, 1.807) is 30.3 Å². The Morgan fingerprint density at radius 2 is 1.76 bits per heavy atom. The molecule has 0 radical (unpaired) electrons. The quantitative estimate of drug-likeness (QED) is 0.217. The van der Waals surface area contributed by atoms with E-state index in [9.17, 15) is 19.7 Å². The van der Waals surface area contributed by atoms with Crippen LogP contribution in [0.5, 0.6) is 0 Å². The van der Waals surface area contributed by atoms with Gasteiger partial charge in [0.1, 0.15) is 4.88 Å².